The number of halogens is 1. The summed E-state index contributed by atoms with van der Waals surface area (Å²) in [6, 6.07) is 14.9. The van der Waals surface area contributed by atoms with Crippen molar-refractivity contribution in [1.82, 2.24) is 19.4 Å². The zero-order valence-corrected chi connectivity index (χ0v) is 17.8. The molecule has 1 atom stereocenters. The van der Waals surface area contributed by atoms with E-state index < -0.39 is 0 Å². The van der Waals surface area contributed by atoms with Gasteiger partial charge in [-0.3, -0.25) is 9.80 Å². The molecular formula is C24H29FN4O2. The number of aromatic nitrogens is 2. The molecule has 0 amide bonds. The summed E-state index contributed by atoms with van der Waals surface area (Å²) in [5.74, 6) is 1.60. The predicted octanol–water partition coefficient (Wildman–Crippen LogP) is 3.09. The van der Waals surface area contributed by atoms with Crippen molar-refractivity contribution in [3.63, 3.8) is 0 Å². The van der Waals surface area contributed by atoms with Crippen LogP contribution < -0.4 is 4.74 Å². The molecule has 3 aromatic rings. The molecule has 1 aromatic heterocycles. The minimum Gasteiger partial charge on any atom is -0.497 e. The van der Waals surface area contributed by atoms with Gasteiger partial charge < -0.3 is 14.4 Å². The van der Waals surface area contributed by atoms with Gasteiger partial charge >= 0.3 is 0 Å². The maximum absolute atomic E-state index is 13.2. The number of piperazine rings is 1. The number of nitrogens with zero attached hydrogens (tertiary/aromatic N) is 4. The van der Waals surface area contributed by atoms with Gasteiger partial charge in [-0.15, -0.1) is 0 Å². The summed E-state index contributed by atoms with van der Waals surface area (Å²) in [5.41, 5.74) is 2.14. The average Bonchev–Trinajstić information content (AvgIpc) is 3.25. The monoisotopic (exact) mass is 424 g/mol. The Morgan fingerprint density at radius 2 is 1.84 bits per heavy atom. The molecule has 1 aliphatic heterocycles. The molecule has 1 aliphatic rings. The van der Waals surface area contributed by atoms with Gasteiger partial charge in [-0.25, -0.2) is 9.37 Å². The van der Waals surface area contributed by atoms with Gasteiger partial charge in [0.05, 0.1) is 13.7 Å². The number of aliphatic hydroxyl groups excluding tert-OH is 1. The third-order valence-corrected chi connectivity index (χ3v) is 5.88. The van der Waals surface area contributed by atoms with Crippen LogP contribution in [0.25, 0.3) is 5.69 Å². The largest absolute Gasteiger partial charge is 0.497 e. The van der Waals surface area contributed by atoms with Gasteiger partial charge in [0.2, 0.25) is 0 Å². The standard InChI is InChI=1S/C24H29FN4O2/c1-31-23-8-6-21(7-9-23)29-12-11-26-24(29)18-27-13-14-28(22(17-27)10-15-30)16-19-2-4-20(25)5-3-19/h2-9,11-12,22,30H,10,13-18H2,1H3. The van der Waals surface area contributed by atoms with E-state index in [-0.39, 0.29) is 18.5 Å². The lowest BCUT2D eigenvalue weighted by Crippen LogP contribution is -2.52. The fourth-order valence-corrected chi connectivity index (χ4v) is 4.19. The molecule has 2 aromatic carbocycles. The molecule has 0 aliphatic carbocycles. The molecular weight excluding hydrogens is 395 g/mol. The molecule has 4 rings (SSSR count). The lowest BCUT2D eigenvalue weighted by molar-refractivity contribution is 0.0485. The fraction of sp³-hybridized carbons (Fsp3) is 0.375. The minimum absolute atomic E-state index is 0.152. The van der Waals surface area contributed by atoms with Crippen LogP contribution in [0.5, 0.6) is 5.75 Å². The first-order valence-electron chi connectivity index (χ1n) is 10.6. The Morgan fingerprint density at radius 1 is 1.06 bits per heavy atom. The van der Waals surface area contributed by atoms with Crippen molar-refractivity contribution >= 4 is 0 Å². The van der Waals surface area contributed by atoms with E-state index in [9.17, 15) is 9.50 Å². The summed E-state index contributed by atoms with van der Waals surface area (Å²) in [4.78, 5) is 9.36. The van der Waals surface area contributed by atoms with Crippen LogP contribution in [0.2, 0.25) is 0 Å². The van der Waals surface area contributed by atoms with Gasteiger partial charge in [0, 0.05) is 56.9 Å². The fourth-order valence-electron chi connectivity index (χ4n) is 4.19. The minimum atomic E-state index is -0.215. The van der Waals surface area contributed by atoms with Gasteiger partial charge in [0.15, 0.2) is 0 Å². The van der Waals surface area contributed by atoms with Gasteiger partial charge in [-0.05, 0) is 48.4 Å². The van der Waals surface area contributed by atoms with Crippen LogP contribution in [0.4, 0.5) is 4.39 Å². The second-order valence-corrected chi connectivity index (χ2v) is 7.91. The van der Waals surface area contributed by atoms with E-state index >= 15 is 0 Å². The number of aliphatic hydroxyl groups is 1. The molecule has 1 unspecified atom stereocenters. The molecule has 1 N–H and O–H groups in total. The van der Waals surface area contributed by atoms with E-state index in [0.717, 1.165) is 55.5 Å². The van der Waals surface area contributed by atoms with Gasteiger partial charge in [-0.2, -0.15) is 0 Å². The molecule has 164 valence electrons. The van der Waals surface area contributed by atoms with E-state index in [1.807, 2.05) is 48.8 Å². The Hall–Kier alpha value is -2.74. The number of imidazole rings is 1. The molecule has 2 heterocycles. The zero-order chi connectivity index (χ0) is 21.6. The van der Waals surface area contributed by atoms with Crippen molar-refractivity contribution in [2.45, 2.75) is 25.6 Å². The first-order valence-corrected chi connectivity index (χ1v) is 10.6. The zero-order valence-electron chi connectivity index (χ0n) is 17.8. The first-order chi connectivity index (χ1) is 15.2. The third kappa shape index (κ3) is 5.31. The van der Waals surface area contributed by atoms with Gasteiger partial charge in [0.25, 0.3) is 0 Å². The van der Waals surface area contributed by atoms with Crippen LogP contribution in [0.1, 0.15) is 17.8 Å². The van der Waals surface area contributed by atoms with Crippen LogP contribution in [0.15, 0.2) is 60.9 Å². The topological polar surface area (TPSA) is 53.8 Å². The molecule has 0 spiro atoms. The van der Waals surface area contributed by atoms with Crippen molar-refractivity contribution in [2.24, 2.45) is 0 Å². The number of rotatable bonds is 8. The summed E-state index contributed by atoms with van der Waals surface area (Å²) >= 11 is 0. The van der Waals surface area contributed by atoms with Crippen LogP contribution in [0.3, 0.4) is 0 Å². The summed E-state index contributed by atoms with van der Waals surface area (Å²) in [7, 11) is 1.66. The Bertz CT molecular complexity index is 958. The van der Waals surface area contributed by atoms with Crippen molar-refractivity contribution in [3.05, 3.63) is 78.1 Å². The highest BCUT2D eigenvalue weighted by molar-refractivity contribution is 5.38. The normalized spacial score (nSPS) is 17.7. The Balaban J connectivity index is 1.42. The lowest BCUT2D eigenvalue weighted by atomic mass is 10.1. The number of hydrogen-bond donors (Lipinski definition) is 1. The van der Waals surface area contributed by atoms with Crippen LogP contribution in [-0.4, -0.2) is 63.9 Å². The van der Waals surface area contributed by atoms with Gasteiger partial charge in [0.1, 0.15) is 17.4 Å². The highest BCUT2D eigenvalue weighted by Crippen LogP contribution is 2.20. The molecule has 0 radical (unpaired) electrons. The van der Waals surface area contributed by atoms with Crippen molar-refractivity contribution in [1.29, 1.82) is 0 Å². The molecule has 31 heavy (non-hydrogen) atoms. The SMILES string of the molecule is COc1ccc(-n2ccnc2CN2CCN(Cc3ccc(F)cc3)C(CCO)C2)cc1. The average molecular weight is 425 g/mol. The van der Waals surface area contributed by atoms with Crippen LogP contribution >= 0.6 is 0 Å². The Labute approximate surface area is 182 Å². The maximum Gasteiger partial charge on any atom is 0.127 e. The number of methoxy groups -OCH3 is 1. The van der Waals surface area contributed by atoms with E-state index in [2.05, 4.69) is 19.4 Å². The van der Waals surface area contributed by atoms with E-state index in [4.69, 9.17) is 4.74 Å². The smallest absolute Gasteiger partial charge is 0.127 e. The molecule has 1 fully saturated rings. The number of hydrogen-bond acceptors (Lipinski definition) is 5. The lowest BCUT2D eigenvalue weighted by Gasteiger charge is -2.41. The van der Waals surface area contributed by atoms with Crippen molar-refractivity contribution in [2.75, 3.05) is 33.4 Å². The van der Waals surface area contributed by atoms with Crippen LogP contribution in [0, 0.1) is 5.82 Å². The molecule has 6 nitrogen and oxygen atoms in total. The van der Waals surface area contributed by atoms with E-state index in [1.165, 1.54) is 12.1 Å². The summed E-state index contributed by atoms with van der Waals surface area (Å²) in [5, 5.41) is 9.60. The second kappa shape index (κ2) is 10.0. The highest BCUT2D eigenvalue weighted by atomic mass is 19.1. The number of ether oxygens (including phenoxy) is 1. The third-order valence-electron chi connectivity index (χ3n) is 5.88. The number of benzene rings is 2. The van der Waals surface area contributed by atoms with Gasteiger partial charge in [-0.1, -0.05) is 12.1 Å². The quantitative estimate of drug-likeness (QED) is 0.602. The van der Waals surface area contributed by atoms with Crippen LogP contribution in [-0.2, 0) is 13.1 Å². The maximum atomic E-state index is 13.2. The van der Waals surface area contributed by atoms with E-state index in [0.29, 0.717) is 6.42 Å². The van der Waals surface area contributed by atoms with E-state index in [1.54, 1.807) is 7.11 Å². The molecule has 0 bridgehead atoms. The Morgan fingerprint density at radius 3 is 2.55 bits per heavy atom. The summed E-state index contributed by atoms with van der Waals surface area (Å²) in [6.07, 6.45) is 4.52. The molecule has 7 heteroatoms. The highest BCUT2D eigenvalue weighted by Gasteiger charge is 2.27. The summed E-state index contributed by atoms with van der Waals surface area (Å²) in [6.45, 7) is 4.32. The summed E-state index contributed by atoms with van der Waals surface area (Å²) < 4.78 is 20.6. The molecule has 0 saturated carbocycles. The first kappa shape index (κ1) is 21.5. The predicted molar refractivity (Wildman–Crippen MR) is 118 cm³/mol. The Kier molecular flexibility index (Phi) is 6.96. The van der Waals surface area contributed by atoms with Crippen molar-refractivity contribution in [3.8, 4) is 11.4 Å². The van der Waals surface area contributed by atoms with Crippen molar-refractivity contribution < 1.29 is 14.2 Å². The molecule has 1 saturated heterocycles. The second-order valence-electron chi connectivity index (χ2n) is 7.91.